The summed E-state index contributed by atoms with van der Waals surface area (Å²) in [5.41, 5.74) is 2.26. The zero-order valence-corrected chi connectivity index (χ0v) is 10.0. The molecule has 1 aromatic heterocycles. The van der Waals surface area contributed by atoms with Crippen molar-refractivity contribution >= 4 is 16.6 Å². The molecule has 0 aliphatic carbocycles. The summed E-state index contributed by atoms with van der Waals surface area (Å²) in [4.78, 5) is 0. The third kappa shape index (κ3) is 2.10. The van der Waals surface area contributed by atoms with Crippen LogP contribution in [0.3, 0.4) is 0 Å². The Kier molecular flexibility index (Phi) is 2.79. The fourth-order valence-electron chi connectivity index (χ4n) is 2.01. The van der Waals surface area contributed by atoms with Crippen molar-refractivity contribution < 1.29 is 9.50 Å². The third-order valence-corrected chi connectivity index (χ3v) is 3.02. The number of benzene rings is 2. The van der Waals surface area contributed by atoms with Gasteiger partial charge in [0.1, 0.15) is 0 Å². The van der Waals surface area contributed by atoms with Crippen LogP contribution < -0.4 is 5.32 Å². The SMILES string of the molecule is Oc1c(F)cccc1CNc1cccc2cn[nH]c12. The van der Waals surface area contributed by atoms with Crippen molar-refractivity contribution in [3.05, 3.63) is 54.0 Å². The van der Waals surface area contributed by atoms with Gasteiger partial charge in [0.15, 0.2) is 11.6 Å². The van der Waals surface area contributed by atoms with Gasteiger partial charge in [0.2, 0.25) is 0 Å². The monoisotopic (exact) mass is 257 g/mol. The molecule has 3 rings (SSSR count). The van der Waals surface area contributed by atoms with Gasteiger partial charge in [-0.05, 0) is 12.1 Å². The predicted molar refractivity (Wildman–Crippen MR) is 71.5 cm³/mol. The number of H-pyrrole nitrogens is 1. The lowest BCUT2D eigenvalue weighted by atomic mass is 10.1. The average Bonchev–Trinajstić information content (AvgIpc) is 2.89. The first-order valence-electron chi connectivity index (χ1n) is 5.88. The summed E-state index contributed by atoms with van der Waals surface area (Å²) in [6, 6.07) is 10.2. The van der Waals surface area contributed by atoms with Gasteiger partial charge in [-0.3, -0.25) is 5.10 Å². The van der Waals surface area contributed by atoms with Crippen molar-refractivity contribution in [1.29, 1.82) is 0 Å². The molecule has 0 aliphatic heterocycles. The van der Waals surface area contributed by atoms with E-state index in [0.717, 1.165) is 16.6 Å². The summed E-state index contributed by atoms with van der Waals surface area (Å²) in [6.45, 7) is 0.335. The first-order valence-corrected chi connectivity index (χ1v) is 5.88. The number of anilines is 1. The van der Waals surface area contributed by atoms with Gasteiger partial charge >= 0.3 is 0 Å². The minimum Gasteiger partial charge on any atom is -0.505 e. The molecule has 0 aliphatic rings. The van der Waals surface area contributed by atoms with Crippen molar-refractivity contribution in [2.24, 2.45) is 0 Å². The Hall–Kier alpha value is -2.56. The number of hydrogen-bond acceptors (Lipinski definition) is 3. The van der Waals surface area contributed by atoms with Gasteiger partial charge < -0.3 is 10.4 Å². The smallest absolute Gasteiger partial charge is 0.165 e. The summed E-state index contributed by atoms with van der Waals surface area (Å²) in [7, 11) is 0. The minimum atomic E-state index is -0.612. The first kappa shape index (κ1) is 11.5. The van der Waals surface area contributed by atoms with E-state index in [9.17, 15) is 9.50 Å². The molecule has 3 N–H and O–H groups in total. The molecule has 0 bridgehead atoms. The number of fused-ring (bicyclic) bond motifs is 1. The van der Waals surface area contributed by atoms with Crippen molar-refractivity contribution in [1.82, 2.24) is 10.2 Å². The van der Waals surface area contributed by atoms with Crippen LogP contribution in [0.2, 0.25) is 0 Å². The summed E-state index contributed by atoms with van der Waals surface area (Å²) in [5.74, 6) is -0.925. The maximum atomic E-state index is 13.2. The molecule has 96 valence electrons. The normalized spacial score (nSPS) is 10.8. The zero-order valence-electron chi connectivity index (χ0n) is 10.0. The van der Waals surface area contributed by atoms with Gasteiger partial charge in [0.05, 0.1) is 17.4 Å². The molecule has 0 fully saturated rings. The number of para-hydroxylation sites is 2. The Balaban J connectivity index is 1.86. The van der Waals surface area contributed by atoms with Gasteiger partial charge in [-0.2, -0.15) is 5.10 Å². The van der Waals surface area contributed by atoms with Crippen LogP contribution in [0.1, 0.15) is 5.56 Å². The average molecular weight is 257 g/mol. The van der Waals surface area contributed by atoms with E-state index < -0.39 is 5.82 Å². The number of halogens is 1. The quantitative estimate of drug-likeness (QED) is 0.676. The predicted octanol–water partition coefficient (Wildman–Crippen LogP) is 3.02. The van der Waals surface area contributed by atoms with Crippen LogP contribution in [0.25, 0.3) is 10.9 Å². The molecule has 0 saturated heterocycles. The highest BCUT2D eigenvalue weighted by atomic mass is 19.1. The fourth-order valence-corrected chi connectivity index (χ4v) is 2.01. The number of aromatic nitrogens is 2. The number of phenols is 1. The zero-order chi connectivity index (χ0) is 13.2. The second-order valence-electron chi connectivity index (χ2n) is 4.24. The lowest BCUT2D eigenvalue weighted by Crippen LogP contribution is -2.01. The summed E-state index contributed by atoms with van der Waals surface area (Å²) in [5, 5.41) is 20.6. The highest BCUT2D eigenvalue weighted by Crippen LogP contribution is 2.24. The van der Waals surface area contributed by atoms with Crippen molar-refractivity contribution in [3.63, 3.8) is 0 Å². The second-order valence-corrected chi connectivity index (χ2v) is 4.24. The van der Waals surface area contributed by atoms with Gasteiger partial charge in [0.25, 0.3) is 0 Å². The molecule has 19 heavy (non-hydrogen) atoms. The van der Waals surface area contributed by atoms with Crippen LogP contribution in [0.15, 0.2) is 42.6 Å². The van der Waals surface area contributed by atoms with Crippen molar-refractivity contribution in [2.75, 3.05) is 5.32 Å². The molecular formula is C14H12FN3O. The van der Waals surface area contributed by atoms with Gasteiger partial charge in [0, 0.05) is 17.5 Å². The van der Waals surface area contributed by atoms with Crippen LogP contribution in [-0.2, 0) is 6.54 Å². The van der Waals surface area contributed by atoms with E-state index in [2.05, 4.69) is 15.5 Å². The third-order valence-electron chi connectivity index (χ3n) is 3.02. The van der Waals surface area contributed by atoms with E-state index in [1.165, 1.54) is 6.07 Å². The molecule has 4 nitrogen and oxygen atoms in total. The summed E-state index contributed by atoms with van der Waals surface area (Å²) in [6.07, 6.45) is 1.74. The number of nitrogens with one attached hydrogen (secondary N) is 2. The molecule has 0 saturated carbocycles. The van der Waals surface area contributed by atoms with Crippen LogP contribution in [0, 0.1) is 5.82 Å². The topological polar surface area (TPSA) is 60.9 Å². The molecule has 3 aromatic rings. The van der Waals surface area contributed by atoms with Crippen LogP contribution in [0.5, 0.6) is 5.75 Å². The Morgan fingerprint density at radius 2 is 2.05 bits per heavy atom. The Morgan fingerprint density at radius 1 is 1.21 bits per heavy atom. The fraction of sp³-hybridized carbons (Fsp3) is 0.0714. The van der Waals surface area contributed by atoms with Crippen LogP contribution in [0.4, 0.5) is 10.1 Å². The maximum Gasteiger partial charge on any atom is 0.165 e. The Bertz CT molecular complexity index is 724. The summed E-state index contributed by atoms with van der Waals surface area (Å²) < 4.78 is 13.2. The Morgan fingerprint density at radius 3 is 2.95 bits per heavy atom. The molecule has 0 amide bonds. The highest BCUT2D eigenvalue weighted by molar-refractivity contribution is 5.89. The number of rotatable bonds is 3. The number of aromatic hydroxyl groups is 1. The number of aromatic amines is 1. The highest BCUT2D eigenvalue weighted by Gasteiger charge is 2.07. The molecule has 0 spiro atoms. The lowest BCUT2D eigenvalue weighted by molar-refractivity contribution is 0.427. The largest absolute Gasteiger partial charge is 0.505 e. The van der Waals surface area contributed by atoms with E-state index in [1.807, 2.05) is 18.2 Å². The van der Waals surface area contributed by atoms with Gasteiger partial charge in [-0.15, -0.1) is 0 Å². The number of phenolic OH excluding ortho intramolecular Hbond substituents is 1. The van der Waals surface area contributed by atoms with E-state index >= 15 is 0 Å². The van der Waals surface area contributed by atoms with Crippen molar-refractivity contribution in [2.45, 2.75) is 6.54 Å². The standard InChI is InChI=1S/C14H12FN3O/c15-11-5-1-4-10(14(11)19)7-16-12-6-2-3-9-8-17-18-13(9)12/h1-6,8,16,19H,7H2,(H,17,18). The van der Waals surface area contributed by atoms with Crippen LogP contribution >= 0.6 is 0 Å². The lowest BCUT2D eigenvalue weighted by Gasteiger charge is -2.09. The van der Waals surface area contributed by atoms with Crippen molar-refractivity contribution in [3.8, 4) is 5.75 Å². The second kappa shape index (κ2) is 4.61. The molecule has 0 unspecified atom stereocenters. The summed E-state index contributed by atoms with van der Waals surface area (Å²) >= 11 is 0. The molecule has 5 heteroatoms. The molecule has 1 heterocycles. The number of hydrogen-bond donors (Lipinski definition) is 3. The minimum absolute atomic E-state index is 0.313. The van der Waals surface area contributed by atoms with E-state index in [-0.39, 0.29) is 5.75 Å². The number of nitrogens with zero attached hydrogens (tertiary/aromatic N) is 1. The molecular weight excluding hydrogens is 245 g/mol. The maximum absolute atomic E-state index is 13.2. The van der Waals surface area contributed by atoms with Gasteiger partial charge in [-0.1, -0.05) is 24.3 Å². The molecule has 0 atom stereocenters. The van der Waals surface area contributed by atoms with Gasteiger partial charge in [-0.25, -0.2) is 4.39 Å². The van der Waals surface area contributed by atoms with Crippen LogP contribution in [-0.4, -0.2) is 15.3 Å². The van der Waals surface area contributed by atoms with E-state index in [0.29, 0.717) is 12.1 Å². The van der Waals surface area contributed by atoms with E-state index in [4.69, 9.17) is 0 Å². The Labute approximate surface area is 108 Å². The van der Waals surface area contributed by atoms with E-state index in [1.54, 1.807) is 18.3 Å². The molecule has 0 radical (unpaired) electrons. The molecule has 2 aromatic carbocycles. The first-order chi connectivity index (χ1) is 9.25.